The topological polar surface area (TPSA) is 62.0 Å². The van der Waals surface area contributed by atoms with Crippen molar-refractivity contribution in [2.45, 2.75) is 0 Å². The Morgan fingerprint density at radius 3 is 2.38 bits per heavy atom. The number of amides is 1. The molecular formula is C19H14N2O2S. The van der Waals surface area contributed by atoms with Crippen LogP contribution in [0.3, 0.4) is 0 Å². The summed E-state index contributed by atoms with van der Waals surface area (Å²) in [6, 6.07) is 19.2. The summed E-state index contributed by atoms with van der Waals surface area (Å²) in [5.41, 5.74) is 2.04. The summed E-state index contributed by atoms with van der Waals surface area (Å²) in [6.45, 7) is 0. The minimum absolute atomic E-state index is 0.0938. The van der Waals surface area contributed by atoms with E-state index < -0.39 is 0 Å². The van der Waals surface area contributed by atoms with Gasteiger partial charge in [-0.3, -0.25) is 9.59 Å². The van der Waals surface area contributed by atoms with Gasteiger partial charge in [-0.25, -0.2) is 0 Å². The number of carbonyl (C=O) groups excluding carboxylic acids is 2. The van der Waals surface area contributed by atoms with E-state index in [1.165, 1.54) is 0 Å². The van der Waals surface area contributed by atoms with Gasteiger partial charge in [-0.05, 0) is 24.3 Å². The Kier molecular flexibility index (Phi) is 4.63. The molecule has 0 spiro atoms. The van der Waals surface area contributed by atoms with Crippen molar-refractivity contribution in [3.05, 3.63) is 94.3 Å². The van der Waals surface area contributed by atoms with Crippen molar-refractivity contribution in [3.63, 3.8) is 0 Å². The number of rotatable bonds is 4. The number of aromatic amines is 1. The first-order valence-electron chi connectivity index (χ1n) is 7.34. The first-order valence-corrected chi connectivity index (χ1v) is 7.75. The van der Waals surface area contributed by atoms with Crippen molar-refractivity contribution in [1.29, 1.82) is 0 Å². The molecule has 3 rings (SSSR count). The average Bonchev–Trinajstić information content (AvgIpc) is 2.62. The zero-order chi connectivity index (χ0) is 16.9. The van der Waals surface area contributed by atoms with Gasteiger partial charge in [0.2, 0.25) is 0 Å². The van der Waals surface area contributed by atoms with Crippen molar-refractivity contribution < 1.29 is 9.59 Å². The lowest BCUT2D eigenvalue weighted by atomic mass is 10.0. The van der Waals surface area contributed by atoms with Crippen molar-refractivity contribution in [1.82, 2.24) is 4.98 Å². The Bertz CT molecular complexity index is 949. The van der Waals surface area contributed by atoms with Crippen LogP contribution >= 0.6 is 12.2 Å². The maximum atomic E-state index is 12.5. The lowest BCUT2D eigenvalue weighted by molar-refractivity contribution is 0.102. The number of ketones is 1. The van der Waals surface area contributed by atoms with Crippen molar-refractivity contribution in [2.75, 3.05) is 5.32 Å². The number of hydrogen-bond donors (Lipinski definition) is 2. The van der Waals surface area contributed by atoms with Crippen LogP contribution in [0, 0.1) is 4.64 Å². The summed E-state index contributed by atoms with van der Waals surface area (Å²) in [6.07, 6.45) is 1.66. The van der Waals surface area contributed by atoms with Gasteiger partial charge in [0.05, 0.1) is 5.56 Å². The molecule has 2 aromatic carbocycles. The fourth-order valence-electron chi connectivity index (χ4n) is 2.29. The fraction of sp³-hybridized carbons (Fsp3) is 0. The second-order valence-electron chi connectivity index (χ2n) is 5.14. The van der Waals surface area contributed by atoms with Crippen LogP contribution in [0.4, 0.5) is 5.69 Å². The van der Waals surface area contributed by atoms with Crippen LogP contribution in [0.5, 0.6) is 0 Å². The Morgan fingerprint density at radius 2 is 1.62 bits per heavy atom. The predicted molar refractivity (Wildman–Crippen MR) is 95.9 cm³/mol. The highest BCUT2D eigenvalue weighted by Crippen LogP contribution is 2.16. The van der Waals surface area contributed by atoms with Crippen LogP contribution in [0.25, 0.3) is 0 Å². The Morgan fingerprint density at radius 1 is 0.875 bits per heavy atom. The van der Waals surface area contributed by atoms with E-state index in [2.05, 4.69) is 10.3 Å². The largest absolute Gasteiger partial charge is 0.352 e. The first kappa shape index (κ1) is 15.8. The number of H-pyrrole nitrogens is 1. The Balaban J connectivity index is 1.84. The van der Waals surface area contributed by atoms with E-state index in [0.29, 0.717) is 27.0 Å². The van der Waals surface area contributed by atoms with Crippen molar-refractivity contribution >= 4 is 29.6 Å². The molecule has 3 aromatic rings. The predicted octanol–water partition coefficient (Wildman–Crippen LogP) is 4.23. The third kappa shape index (κ3) is 3.47. The van der Waals surface area contributed by atoms with Gasteiger partial charge in [-0.15, -0.1) is 0 Å². The van der Waals surface area contributed by atoms with Gasteiger partial charge in [-0.1, -0.05) is 54.7 Å². The van der Waals surface area contributed by atoms with E-state index in [0.717, 1.165) is 0 Å². The minimum Gasteiger partial charge on any atom is -0.352 e. The highest BCUT2D eigenvalue weighted by Gasteiger charge is 2.11. The van der Waals surface area contributed by atoms with Crippen LogP contribution < -0.4 is 5.32 Å². The average molecular weight is 334 g/mol. The third-order valence-electron chi connectivity index (χ3n) is 3.48. The molecule has 0 aliphatic rings. The summed E-state index contributed by atoms with van der Waals surface area (Å²) in [4.78, 5) is 27.6. The van der Waals surface area contributed by atoms with Gasteiger partial charge in [0.25, 0.3) is 5.91 Å². The third-order valence-corrected chi connectivity index (χ3v) is 3.82. The maximum absolute atomic E-state index is 12.5. The van der Waals surface area contributed by atoms with Crippen LogP contribution in [-0.2, 0) is 0 Å². The lowest BCUT2D eigenvalue weighted by Gasteiger charge is -2.07. The molecule has 0 saturated heterocycles. The molecule has 0 unspecified atom stereocenters. The SMILES string of the molecule is O=C(c1ccccc1)c1cccc(NC(=O)c2ccc[nH]c2=S)c1. The van der Waals surface area contributed by atoms with Gasteiger partial charge in [0, 0.05) is 23.0 Å². The molecule has 0 radical (unpaired) electrons. The standard InChI is InChI=1S/C19H14N2O2S/c22-17(13-6-2-1-3-7-13)14-8-4-9-15(12-14)21-18(23)16-10-5-11-20-19(16)24/h1-12H,(H,20,24)(H,21,23). The van der Waals surface area contributed by atoms with Crippen LogP contribution in [0.2, 0.25) is 0 Å². The highest BCUT2D eigenvalue weighted by molar-refractivity contribution is 7.71. The zero-order valence-corrected chi connectivity index (χ0v) is 13.5. The monoisotopic (exact) mass is 334 g/mol. The molecule has 1 heterocycles. The molecule has 118 valence electrons. The summed E-state index contributed by atoms with van der Waals surface area (Å²) in [5, 5.41) is 2.77. The normalized spacial score (nSPS) is 10.2. The maximum Gasteiger partial charge on any atom is 0.258 e. The van der Waals surface area contributed by atoms with Gasteiger partial charge in [0.1, 0.15) is 4.64 Å². The highest BCUT2D eigenvalue weighted by atomic mass is 32.1. The van der Waals surface area contributed by atoms with E-state index in [9.17, 15) is 9.59 Å². The van der Waals surface area contributed by atoms with E-state index in [1.807, 2.05) is 18.2 Å². The molecule has 0 aliphatic heterocycles. The molecular weight excluding hydrogens is 320 g/mol. The number of nitrogens with one attached hydrogen (secondary N) is 2. The van der Waals surface area contributed by atoms with Crippen LogP contribution in [0.15, 0.2) is 72.9 Å². The molecule has 0 fully saturated rings. The van der Waals surface area contributed by atoms with Gasteiger partial charge < -0.3 is 10.3 Å². The second-order valence-corrected chi connectivity index (χ2v) is 5.55. The lowest BCUT2D eigenvalue weighted by Crippen LogP contribution is -2.13. The molecule has 0 bridgehead atoms. The van der Waals surface area contributed by atoms with E-state index in [-0.39, 0.29) is 11.7 Å². The fourth-order valence-corrected chi connectivity index (χ4v) is 2.52. The van der Waals surface area contributed by atoms with Crippen LogP contribution in [-0.4, -0.2) is 16.7 Å². The second kappa shape index (κ2) is 7.02. The molecule has 1 aromatic heterocycles. The van der Waals surface area contributed by atoms with Crippen molar-refractivity contribution in [3.8, 4) is 0 Å². The number of hydrogen-bond acceptors (Lipinski definition) is 3. The van der Waals surface area contributed by atoms with Crippen molar-refractivity contribution in [2.24, 2.45) is 0 Å². The summed E-state index contributed by atoms with van der Waals surface area (Å²) < 4.78 is 0.367. The van der Waals surface area contributed by atoms with E-state index in [4.69, 9.17) is 12.2 Å². The van der Waals surface area contributed by atoms with E-state index >= 15 is 0 Å². The van der Waals surface area contributed by atoms with Gasteiger partial charge in [-0.2, -0.15) is 0 Å². The van der Waals surface area contributed by atoms with E-state index in [1.54, 1.807) is 54.7 Å². The molecule has 0 atom stereocenters. The molecule has 2 N–H and O–H groups in total. The Labute approximate surface area is 144 Å². The van der Waals surface area contributed by atoms with Crippen LogP contribution in [0.1, 0.15) is 26.3 Å². The zero-order valence-electron chi connectivity index (χ0n) is 12.7. The molecule has 4 nitrogen and oxygen atoms in total. The van der Waals surface area contributed by atoms with Gasteiger partial charge >= 0.3 is 0 Å². The summed E-state index contributed by atoms with van der Waals surface area (Å²) >= 11 is 5.11. The molecule has 24 heavy (non-hydrogen) atoms. The Hall–Kier alpha value is -3.05. The number of pyridine rings is 1. The quantitative estimate of drug-likeness (QED) is 0.554. The number of aromatic nitrogens is 1. The molecule has 1 amide bonds. The first-order chi connectivity index (χ1) is 11.6. The molecule has 0 saturated carbocycles. The minimum atomic E-state index is -0.318. The number of benzene rings is 2. The summed E-state index contributed by atoms with van der Waals surface area (Å²) in [7, 11) is 0. The summed E-state index contributed by atoms with van der Waals surface area (Å²) in [5.74, 6) is -0.412. The van der Waals surface area contributed by atoms with Gasteiger partial charge in [0.15, 0.2) is 5.78 Å². The number of anilines is 1. The molecule has 0 aliphatic carbocycles. The smallest absolute Gasteiger partial charge is 0.258 e. The molecule has 5 heteroatoms. The number of carbonyl (C=O) groups is 2.